The molecule has 0 aliphatic heterocycles. The topological polar surface area (TPSA) is 64.4 Å². The van der Waals surface area contributed by atoms with Crippen molar-refractivity contribution in [2.75, 3.05) is 13.7 Å². The van der Waals surface area contributed by atoms with Crippen LogP contribution in [-0.2, 0) is 11.2 Å². The fourth-order valence-corrected chi connectivity index (χ4v) is 4.47. The normalized spacial score (nSPS) is 11.9. The summed E-state index contributed by atoms with van der Waals surface area (Å²) < 4.78 is 6.91. The number of benzene rings is 3. The predicted molar refractivity (Wildman–Crippen MR) is 144 cm³/mol. The number of aryl methyl sites for hydroxylation is 1. The Morgan fingerprint density at radius 3 is 2.50 bits per heavy atom. The van der Waals surface area contributed by atoms with E-state index in [4.69, 9.17) is 9.72 Å². The number of carbonyl (C=O) groups excluding carboxylic acids is 1. The molecule has 3 aromatic carbocycles. The van der Waals surface area contributed by atoms with Crippen LogP contribution in [0.5, 0.6) is 5.75 Å². The molecule has 6 heteroatoms. The lowest BCUT2D eigenvalue weighted by Crippen LogP contribution is -2.39. The quantitative estimate of drug-likeness (QED) is 0.309. The van der Waals surface area contributed by atoms with Gasteiger partial charge in [-0.2, -0.15) is 0 Å². The maximum absolute atomic E-state index is 13.7. The third-order valence-corrected chi connectivity index (χ3v) is 6.49. The van der Waals surface area contributed by atoms with Gasteiger partial charge >= 0.3 is 0 Å². The zero-order valence-electron chi connectivity index (χ0n) is 21.4. The molecule has 1 aromatic heterocycles. The minimum Gasteiger partial charge on any atom is -0.497 e. The highest BCUT2D eigenvalue weighted by Gasteiger charge is 2.26. The predicted octanol–water partition coefficient (Wildman–Crippen LogP) is 5.64. The first kappa shape index (κ1) is 25.2. The number of hydrogen-bond acceptors (Lipinski definition) is 4. The van der Waals surface area contributed by atoms with Crippen LogP contribution in [0.3, 0.4) is 0 Å². The largest absolute Gasteiger partial charge is 0.497 e. The average molecular weight is 484 g/mol. The number of nitrogens with zero attached hydrogens (tertiary/aromatic N) is 3. The van der Waals surface area contributed by atoms with Crippen molar-refractivity contribution < 1.29 is 9.53 Å². The van der Waals surface area contributed by atoms with Gasteiger partial charge in [0.15, 0.2) is 0 Å². The van der Waals surface area contributed by atoms with Crippen LogP contribution in [0.1, 0.15) is 49.7 Å². The molecule has 0 spiro atoms. The molecule has 0 N–H and O–H groups in total. The molecule has 0 saturated heterocycles. The highest BCUT2D eigenvalue weighted by molar-refractivity contribution is 5.80. The lowest BCUT2D eigenvalue weighted by molar-refractivity contribution is -0.132. The molecule has 0 bridgehead atoms. The monoisotopic (exact) mass is 483 g/mol. The SMILES string of the molecule is CCCCN(C(=O)Cc1ccc(OC)cc1)C(C)c1nc2ccccc2c(=O)n1-c1cccc(C)c1. The third kappa shape index (κ3) is 5.33. The van der Waals surface area contributed by atoms with E-state index in [1.807, 2.05) is 85.5 Å². The summed E-state index contributed by atoms with van der Waals surface area (Å²) in [7, 11) is 1.62. The Bertz CT molecular complexity index is 1410. The molecular formula is C30H33N3O3. The van der Waals surface area contributed by atoms with Crippen molar-refractivity contribution in [3.05, 3.63) is 100 Å². The van der Waals surface area contributed by atoms with Gasteiger partial charge in [-0.15, -0.1) is 0 Å². The first-order valence-electron chi connectivity index (χ1n) is 12.4. The Morgan fingerprint density at radius 2 is 1.81 bits per heavy atom. The summed E-state index contributed by atoms with van der Waals surface area (Å²) in [5.41, 5.74) is 3.21. The second-order valence-corrected chi connectivity index (χ2v) is 9.11. The van der Waals surface area contributed by atoms with Gasteiger partial charge in [0.25, 0.3) is 5.56 Å². The number of fused-ring (bicyclic) bond motifs is 1. The summed E-state index contributed by atoms with van der Waals surface area (Å²) >= 11 is 0. The summed E-state index contributed by atoms with van der Waals surface area (Å²) in [5.74, 6) is 1.31. The Balaban J connectivity index is 1.79. The van der Waals surface area contributed by atoms with Crippen molar-refractivity contribution in [3.8, 4) is 11.4 Å². The van der Waals surface area contributed by atoms with Crippen LogP contribution in [0, 0.1) is 6.92 Å². The fraction of sp³-hybridized carbons (Fsp3) is 0.300. The minimum atomic E-state index is -0.403. The van der Waals surface area contributed by atoms with Gasteiger partial charge in [0.1, 0.15) is 11.6 Å². The fourth-order valence-electron chi connectivity index (χ4n) is 4.47. The molecule has 0 radical (unpaired) electrons. The molecule has 36 heavy (non-hydrogen) atoms. The van der Waals surface area contributed by atoms with Crippen molar-refractivity contribution in [3.63, 3.8) is 0 Å². The zero-order chi connectivity index (χ0) is 25.7. The minimum absolute atomic E-state index is 0.000633. The van der Waals surface area contributed by atoms with Crippen LogP contribution >= 0.6 is 0 Å². The molecule has 1 unspecified atom stereocenters. The van der Waals surface area contributed by atoms with E-state index in [1.165, 1.54) is 0 Å². The summed E-state index contributed by atoms with van der Waals surface area (Å²) in [6.07, 6.45) is 2.08. The van der Waals surface area contributed by atoms with Gasteiger partial charge in [-0.1, -0.05) is 49.7 Å². The van der Waals surface area contributed by atoms with Gasteiger partial charge < -0.3 is 9.64 Å². The molecule has 0 fully saturated rings. The Morgan fingerprint density at radius 1 is 1.06 bits per heavy atom. The van der Waals surface area contributed by atoms with Gasteiger partial charge in [-0.25, -0.2) is 4.98 Å². The third-order valence-electron chi connectivity index (χ3n) is 6.49. The number of methoxy groups -OCH3 is 1. The lowest BCUT2D eigenvalue weighted by atomic mass is 10.1. The first-order valence-corrected chi connectivity index (χ1v) is 12.4. The number of aromatic nitrogens is 2. The van der Waals surface area contributed by atoms with Crippen LogP contribution in [0.4, 0.5) is 0 Å². The average Bonchev–Trinajstić information content (AvgIpc) is 2.89. The number of amides is 1. The molecule has 4 rings (SSSR count). The highest BCUT2D eigenvalue weighted by Crippen LogP contribution is 2.25. The van der Waals surface area contributed by atoms with Gasteiger partial charge in [0.2, 0.25) is 5.91 Å². The first-order chi connectivity index (χ1) is 17.4. The summed E-state index contributed by atoms with van der Waals surface area (Å²) in [6, 6.07) is 22.4. The molecule has 4 aromatic rings. The van der Waals surface area contributed by atoms with Crippen molar-refractivity contribution in [2.24, 2.45) is 0 Å². The smallest absolute Gasteiger partial charge is 0.266 e. The van der Waals surface area contributed by atoms with Crippen molar-refractivity contribution >= 4 is 16.8 Å². The number of unbranched alkanes of at least 4 members (excludes halogenated alkanes) is 1. The Hall–Kier alpha value is -3.93. The lowest BCUT2D eigenvalue weighted by Gasteiger charge is -2.31. The Labute approximate surface area is 212 Å². The molecule has 0 aliphatic rings. The molecular weight excluding hydrogens is 450 g/mol. The summed E-state index contributed by atoms with van der Waals surface area (Å²) in [5, 5.41) is 0.555. The zero-order valence-corrected chi connectivity index (χ0v) is 21.4. The molecule has 1 amide bonds. The summed E-state index contributed by atoms with van der Waals surface area (Å²) in [4.78, 5) is 34.1. The maximum Gasteiger partial charge on any atom is 0.266 e. The van der Waals surface area contributed by atoms with Crippen LogP contribution in [-0.4, -0.2) is 34.0 Å². The molecule has 1 atom stereocenters. The number of carbonyl (C=O) groups is 1. The standard InChI is InChI=1S/C30H33N3O3/c1-5-6-18-32(28(34)20-23-14-16-25(36-4)17-15-23)22(3)29-31-27-13-8-7-12-26(27)30(35)33(29)24-11-9-10-21(2)19-24/h7-17,19,22H,5-6,18,20H2,1-4H3. The van der Waals surface area contributed by atoms with E-state index in [1.54, 1.807) is 17.7 Å². The van der Waals surface area contributed by atoms with Crippen LogP contribution in [0.15, 0.2) is 77.6 Å². The second kappa shape index (κ2) is 11.2. The van der Waals surface area contributed by atoms with E-state index in [-0.39, 0.29) is 17.9 Å². The van der Waals surface area contributed by atoms with E-state index in [0.717, 1.165) is 35.4 Å². The number of rotatable bonds is 9. The van der Waals surface area contributed by atoms with Gasteiger partial charge in [0.05, 0.1) is 36.2 Å². The second-order valence-electron chi connectivity index (χ2n) is 9.11. The van der Waals surface area contributed by atoms with E-state index >= 15 is 0 Å². The molecule has 186 valence electrons. The number of hydrogen-bond donors (Lipinski definition) is 0. The van der Waals surface area contributed by atoms with Crippen LogP contribution in [0.25, 0.3) is 16.6 Å². The Kier molecular flexibility index (Phi) is 7.84. The molecule has 6 nitrogen and oxygen atoms in total. The highest BCUT2D eigenvalue weighted by atomic mass is 16.5. The van der Waals surface area contributed by atoms with Gasteiger partial charge in [-0.05, 0) is 67.8 Å². The number of ether oxygens (including phenoxy) is 1. The van der Waals surface area contributed by atoms with Crippen LogP contribution < -0.4 is 10.3 Å². The van der Waals surface area contributed by atoms with E-state index in [2.05, 4.69) is 6.92 Å². The van der Waals surface area contributed by atoms with E-state index < -0.39 is 6.04 Å². The van der Waals surface area contributed by atoms with Crippen molar-refractivity contribution in [2.45, 2.75) is 46.1 Å². The molecule has 0 saturated carbocycles. The molecule has 1 heterocycles. The van der Waals surface area contributed by atoms with Crippen molar-refractivity contribution in [1.82, 2.24) is 14.5 Å². The van der Waals surface area contributed by atoms with Gasteiger partial charge in [0, 0.05) is 6.54 Å². The molecule has 0 aliphatic carbocycles. The van der Waals surface area contributed by atoms with E-state index in [9.17, 15) is 9.59 Å². The number of para-hydroxylation sites is 1. The van der Waals surface area contributed by atoms with Crippen LogP contribution in [0.2, 0.25) is 0 Å². The van der Waals surface area contributed by atoms with Gasteiger partial charge in [-0.3, -0.25) is 14.2 Å². The summed E-state index contributed by atoms with van der Waals surface area (Å²) in [6.45, 7) is 6.65. The van der Waals surface area contributed by atoms with Crippen molar-refractivity contribution in [1.29, 1.82) is 0 Å². The van der Waals surface area contributed by atoms with E-state index in [0.29, 0.717) is 23.3 Å². The maximum atomic E-state index is 13.7.